The molecule has 74 heavy (non-hydrogen) atoms. The summed E-state index contributed by atoms with van der Waals surface area (Å²) in [6, 6.07) is 77.3. The molecule has 0 amide bonds. The van der Waals surface area contributed by atoms with Gasteiger partial charge in [-0.3, -0.25) is 0 Å². The number of furan rings is 1. The lowest BCUT2D eigenvalue weighted by molar-refractivity contribution is 0.667. The van der Waals surface area contributed by atoms with E-state index in [9.17, 15) is 5.26 Å². The van der Waals surface area contributed by atoms with E-state index < -0.39 is 21.6 Å². The number of hydrogen-bond donors (Lipinski definition) is 0. The fraction of sp³-hybridized carbons (Fsp3) is 0.104. The Kier molecular flexibility index (Phi) is 10.2. The summed E-state index contributed by atoms with van der Waals surface area (Å²) in [7, 11) is -3.20. The summed E-state index contributed by atoms with van der Waals surface area (Å²) < 4.78 is 7.08. The van der Waals surface area contributed by atoms with Crippen molar-refractivity contribution >= 4 is 99.0 Å². The monoisotopic (exact) mass is 984 g/mol. The minimum Gasteiger partial charge on any atom is -0.455 e. The second-order valence-corrected chi connectivity index (χ2v) is 32.1. The van der Waals surface area contributed by atoms with Crippen LogP contribution in [0.3, 0.4) is 0 Å². The molecule has 1 heterocycles. The van der Waals surface area contributed by atoms with E-state index in [2.05, 4.69) is 242 Å². The lowest BCUT2D eigenvalue weighted by Crippen LogP contribution is -2.37. The van der Waals surface area contributed by atoms with Crippen molar-refractivity contribution in [2.45, 2.75) is 44.7 Å². The Labute approximate surface area is 434 Å². The first-order valence-electron chi connectivity index (χ1n) is 25.4. The summed E-state index contributed by atoms with van der Waals surface area (Å²) >= 11 is 0. The van der Waals surface area contributed by atoms with Crippen LogP contribution in [0.1, 0.15) is 27.8 Å². The quantitative estimate of drug-likeness (QED) is 0.112. The molecule has 0 aliphatic heterocycles. The van der Waals surface area contributed by atoms with Crippen LogP contribution in [0.5, 0.6) is 0 Å². The fourth-order valence-corrected chi connectivity index (χ4v) is 14.3. The third kappa shape index (κ3) is 6.85. The van der Waals surface area contributed by atoms with Crippen molar-refractivity contribution in [3.63, 3.8) is 0 Å². The third-order valence-corrected chi connectivity index (χ3v) is 19.8. The minimum absolute atomic E-state index is 0.603. The molecule has 1 atom stereocenters. The summed E-state index contributed by atoms with van der Waals surface area (Å²) in [5, 5.41) is 17.3. The van der Waals surface area contributed by atoms with E-state index in [4.69, 9.17) is 11.0 Å². The first-order valence-corrected chi connectivity index (χ1v) is 32.4. The molecule has 0 fully saturated rings. The lowest BCUT2D eigenvalue weighted by Gasteiger charge is -2.40. The van der Waals surface area contributed by atoms with Gasteiger partial charge in [0.1, 0.15) is 11.2 Å². The number of fused-ring (bicyclic) bond motifs is 13. The van der Waals surface area contributed by atoms with Crippen molar-refractivity contribution in [2.24, 2.45) is 0 Å². The molecule has 11 aromatic rings. The van der Waals surface area contributed by atoms with E-state index in [1.165, 1.54) is 54.5 Å². The molecule has 0 N–H and O–H groups in total. The van der Waals surface area contributed by atoms with Gasteiger partial charge in [0, 0.05) is 50.5 Å². The predicted molar refractivity (Wildman–Crippen MR) is 314 cm³/mol. The summed E-state index contributed by atoms with van der Waals surface area (Å²) in [5.41, 5.74) is 17.6. The molecule has 10 aromatic carbocycles. The van der Waals surface area contributed by atoms with Gasteiger partial charge in [-0.25, -0.2) is 4.85 Å². The molecule has 0 saturated heterocycles. The van der Waals surface area contributed by atoms with E-state index in [0.29, 0.717) is 11.3 Å². The molecule has 0 bridgehead atoms. The van der Waals surface area contributed by atoms with Crippen LogP contribution in [0, 0.1) is 17.9 Å². The van der Waals surface area contributed by atoms with E-state index in [-0.39, 0.29) is 0 Å². The molecule has 354 valence electrons. The Balaban J connectivity index is 1.13. The molecule has 0 radical (unpaired) electrons. The van der Waals surface area contributed by atoms with Gasteiger partial charge in [0.05, 0.1) is 39.8 Å². The van der Waals surface area contributed by atoms with E-state index >= 15 is 0 Å². The Morgan fingerprint density at radius 3 is 1.53 bits per heavy atom. The standard InChI is InChI=1S/C67H52N4OSi2/c1-69-45-20-24-47(25-21-45)71(49-28-34-53(35-29-49)74(5,6)7)51-31-37-55-54-36-30-50(70(46-22-18-43(42-68)19-23-46)48-26-32-52(33-27-48)73(2,3)4)40-61(54)67(62(55)41-51)59-16-11-13-44-12-10-15-58(64(44)59)65-60(67)39-38-57-56-14-8-9-17-63(56)72-66(57)65/h8-41H,2-7H3. The second-order valence-electron chi connectivity index (χ2n) is 21.9. The molecule has 2 aliphatic carbocycles. The highest BCUT2D eigenvalue weighted by molar-refractivity contribution is 6.89. The number of nitriles is 1. The third-order valence-electron chi connectivity index (χ3n) is 15.6. The summed E-state index contributed by atoms with van der Waals surface area (Å²) in [6.45, 7) is 22.1. The second kappa shape index (κ2) is 16.7. The van der Waals surface area contributed by atoms with Gasteiger partial charge in [-0.2, -0.15) is 5.26 Å². The number of benzene rings is 10. The van der Waals surface area contributed by atoms with Gasteiger partial charge >= 0.3 is 0 Å². The average molecular weight is 985 g/mol. The van der Waals surface area contributed by atoms with Crippen LogP contribution in [0.2, 0.25) is 39.3 Å². The highest BCUT2D eigenvalue weighted by Crippen LogP contribution is 2.64. The van der Waals surface area contributed by atoms with Crippen molar-refractivity contribution in [1.82, 2.24) is 0 Å². The minimum atomic E-state index is -1.60. The molecule has 13 rings (SSSR count). The first-order chi connectivity index (χ1) is 35.8. The van der Waals surface area contributed by atoms with Crippen LogP contribution in [0.25, 0.3) is 59.8 Å². The molecule has 7 heteroatoms. The Bertz CT molecular complexity index is 3990. The molecule has 0 saturated carbocycles. The van der Waals surface area contributed by atoms with Gasteiger partial charge in [-0.15, -0.1) is 0 Å². The zero-order chi connectivity index (χ0) is 50.7. The SMILES string of the molecule is [C-]#[N+]c1ccc(N(c2ccc([Si](C)(C)C)cc2)c2ccc3c(c2)C2(c4cc(N(c5ccc(C#N)cc5)c5ccc([Si](C)(C)C)cc5)ccc4-3)c3ccc4c(oc5ccccc54)c3-c3cccc4cccc2c34)cc1. The molecular weight excluding hydrogens is 933 g/mol. The van der Waals surface area contributed by atoms with Crippen molar-refractivity contribution < 1.29 is 4.42 Å². The summed E-state index contributed by atoms with van der Waals surface area (Å²) in [6.07, 6.45) is 0. The highest BCUT2D eigenvalue weighted by atomic mass is 28.3. The lowest BCUT2D eigenvalue weighted by atomic mass is 9.61. The number of anilines is 6. The van der Waals surface area contributed by atoms with E-state index in [0.717, 1.165) is 67.2 Å². The van der Waals surface area contributed by atoms with Gasteiger partial charge < -0.3 is 14.2 Å². The largest absolute Gasteiger partial charge is 0.455 e. The maximum Gasteiger partial charge on any atom is 0.187 e. The van der Waals surface area contributed by atoms with Crippen LogP contribution < -0.4 is 20.2 Å². The molecule has 2 aliphatic rings. The Morgan fingerprint density at radius 1 is 0.473 bits per heavy atom. The zero-order valence-corrected chi connectivity index (χ0v) is 44.3. The van der Waals surface area contributed by atoms with Gasteiger partial charge in [0.15, 0.2) is 5.69 Å². The van der Waals surface area contributed by atoms with Crippen LogP contribution >= 0.6 is 0 Å². The number of para-hydroxylation sites is 1. The van der Waals surface area contributed by atoms with Crippen LogP contribution in [0.15, 0.2) is 211 Å². The van der Waals surface area contributed by atoms with E-state index in [1.54, 1.807) is 0 Å². The summed E-state index contributed by atoms with van der Waals surface area (Å²) in [5.74, 6) is 0. The van der Waals surface area contributed by atoms with Crippen molar-refractivity contribution in [3.05, 3.63) is 245 Å². The topological polar surface area (TPSA) is 47.8 Å². The maximum absolute atomic E-state index is 9.93. The zero-order valence-electron chi connectivity index (χ0n) is 42.3. The van der Waals surface area contributed by atoms with Crippen LogP contribution in [-0.4, -0.2) is 16.1 Å². The molecular formula is C67H52N4OSi2. The van der Waals surface area contributed by atoms with E-state index in [1.807, 2.05) is 24.3 Å². The van der Waals surface area contributed by atoms with Crippen molar-refractivity contribution in [1.29, 1.82) is 5.26 Å². The number of rotatable bonds is 8. The smallest absolute Gasteiger partial charge is 0.187 e. The highest BCUT2D eigenvalue weighted by Gasteiger charge is 2.51. The number of hydrogen-bond acceptors (Lipinski definition) is 4. The maximum atomic E-state index is 9.93. The Morgan fingerprint density at radius 2 is 0.986 bits per heavy atom. The van der Waals surface area contributed by atoms with Crippen molar-refractivity contribution in [2.75, 3.05) is 9.80 Å². The van der Waals surface area contributed by atoms with Gasteiger partial charge in [-0.05, 0) is 141 Å². The molecule has 1 aromatic heterocycles. The molecule has 1 unspecified atom stereocenters. The predicted octanol–water partition coefficient (Wildman–Crippen LogP) is 17.5. The number of nitrogens with zero attached hydrogens (tertiary/aromatic N) is 4. The normalized spacial score (nSPS) is 14.4. The van der Waals surface area contributed by atoms with Crippen LogP contribution in [0.4, 0.5) is 39.8 Å². The molecule has 1 spiro atoms. The fourth-order valence-electron chi connectivity index (χ4n) is 12.0. The Hall–Kier alpha value is -8.73. The molecule has 5 nitrogen and oxygen atoms in total. The van der Waals surface area contributed by atoms with Gasteiger partial charge in [-0.1, -0.05) is 165 Å². The summed E-state index contributed by atoms with van der Waals surface area (Å²) in [4.78, 5) is 8.46. The van der Waals surface area contributed by atoms with Crippen molar-refractivity contribution in [3.8, 4) is 28.3 Å². The van der Waals surface area contributed by atoms with Gasteiger partial charge in [0.2, 0.25) is 0 Å². The first kappa shape index (κ1) is 45.2. The van der Waals surface area contributed by atoms with Crippen LogP contribution in [-0.2, 0) is 5.41 Å². The average Bonchev–Trinajstić information content (AvgIpc) is 3.94. The van der Waals surface area contributed by atoms with Gasteiger partial charge in [0.25, 0.3) is 0 Å².